The van der Waals surface area contributed by atoms with Gasteiger partial charge in [0, 0.05) is 41.7 Å². The number of nitrogens with one attached hydrogen (secondary N) is 1. The molecular weight excluding hydrogens is 506 g/mol. The van der Waals surface area contributed by atoms with Crippen LogP contribution < -0.4 is 11.2 Å². The molecule has 2 aromatic heterocycles. The first-order chi connectivity index (χ1) is 19.5. The maximum Gasteiger partial charge on any atom is 0.330 e. The average Bonchev–Trinajstić information content (AvgIpc) is 3.36. The minimum absolute atomic E-state index is 0.0693. The lowest BCUT2D eigenvalue weighted by molar-refractivity contribution is -0.0459. The number of hydrogen-bond acceptors (Lipinski definition) is 6. The molecule has 5 aromatic rings. The van der Waals surface area contributed by atoms with Crippen LogP contribution in [0.3, 0.4) is 0 Å². The second-order valence-electron chi connectivity index (χ2n) is 9.40. The average molecular weight is 530 g/mol. The Kier molecular flexibility index (Phi) is 6.73. The minimum Gasteiger partial charge on any atom is -0.394 e. The van der Waals surface area contributed by atoms with Crippen molar-refractivity contribution < 1.29 is 14.9 Å². The fourth-order valence-corrected chi connectivity index (χ4v) is 4.94. The van der Waals surface area contributed by atoms with Crippen molar-refractivity contribution in [1.29, 1.82) is 0 Å². The molecular formula is C32H23N3O5. The first-order valence-corrected chi connectivity index (χ1v) is 12.7. The molecule has 3 heterocycles. The van der Waals surface area contributed by atoms with Gasteiger partial charge in [-0.05, 0) is 33.7 Å². The summed E-state index contributed by atoms with van der Waals surface area (Å²) in [7, 11) is 0. The molecule has 1 saturated heterocycles. The van der Waals surface area contributed by atoms with Crippen LogP contribution in [0.5, 0.6) is 0 Å². The van der Waals surface area contributed by atoms with Crippen LogP contribution in [0, 0.1) is 23.7 Å². The molecule has 0 radical (unpaired) electrons. The molecule has 40 heavy (non-hydrogen) atoms. The molecule has 1 aliphatic rings. The SMILES string of the molecule is O=c1[nH]c(=O)n([C@H]2C[C@H](O)[C@@H](CO)O2)cc1C#Cc1c2ccccc2c(C#Cc2ccncc2)c2ccccc12. The summed E-state index contributed by atoms with van der Waals surface area (Å²) in [6.07, 6.45) is 2.27. The minimum atomic E-state index is -0.929. The van der Waals surface area contributed by atoms with E-state index in [1.807, 2.05) is 60.7 Å². The van der Waals surface area contributed by atoms with E-state index in [1.165, 1.54) is 10.8 Å². The molecule has 6 rings (SSSR count). The molecule has 0 unspecified atom stereocenters. The zero-order valence-electron chi connectivity index (χ0n) is 21.2. The Balaban J connectivity index is 1.50. The highest BCUT2D eigenvalue weighted by molar-refractivity contribution is 6.09. The largest absolute Gasteiger partial charge is 0.394 e. The van der Waals surface area contributed by atoms with Gasteiger partial charge in [-0.15, -0.1) is 0 Å². The second kappa shape index (κ2) is 10.6. The van der Waals surface area contributed by atoms with Crippen LogP contribution in [0.15, 0.2) is 88.8 Å². The topological polar surface area (TPSA) is 117 Å². The normalized spacial score (nSPS) is 18.2. The Morgan fingerprint density at radius 3 is 2.00 bits per heavy atom. The summed E-state index contributed by atoms with van der Waals surface area (Å²) in [6.45, 7) is -0.383. The Hall–Kier alpha value is -4.99. The Labute approximate surface area is 228 Å². The van der Waals surface area contributed by atoms with Crippen LogP contribution in [0.25, 0.3) is 21.5 Å². The lowest BCUT2D eigenvalue weighted by Crippen LogP contribution is -2.33. The lowest BCUT2D eigenvalue weighted by atomic mass is 9.92. The standard InChI is InChI=1S/C32H23N3O5/c36-19-29-28(37)17-30(40-29)35-18-21(31(38)34-32(35)39)10-12-27-24-7-3-1-5-22(24)26(23-6-2-4-8-25(23)27)11-9-20-13-15-33-16-14-20/h1-8,13-16,18,28-30,36-37H,17,19H2,(H,34,38,39)/t28-,29+,30+/m0/s1. The van der Waals surface area contributed by atoms with Crippen molar-refractivity contribution in [3.05, 3.63) is 122 Å². The number of rotatable bonds is 2. The van der Waals surface area contributed by atoms with Crippen molar-refractivity contribution in [2.45, 2.75) is 24.9 Å². The summed E-state index contributed by atoms with van der Waals surface area (Å²) in [5, 5.41) is 23.1. The third kappa shape index (κ3) is 4.68. The summed E-state index contributed by atoms with van der Waals surface area (Å²) < 4.78 is 6.80. The lowest BCUT2D eigenvalue weighted by Gasteiger charge is -2.14. The summed E-state index contributed by atoms with van der Waals surface area (Å²) >= 11 is 0. The van der Waals surface area contributed by atoms with Gasteiger partial charge in [0.15, 0.2) is 0 Å². The maximum atomic E-state index is 12.7. The summed E-state index contributed by atoms with van der Waals surface area (Å²) in [5.41, 5.74) is 1.21. The number of aromatic amines is 1. The Morgan fingerprint density at radius 1 is 0.875 bits per heavy atom. The van der Waals surface area contributed by atoms with Crippen LogP contribution in [-0.2, 0) is 4.74 Å². The molecule has 3 atom stereocenters. The first-order valence-electron chi connectivity index (χ1n) is 12.7. The zero-order chi connectivity index (χ0) is 27.6. The van der Waals surface area contributed by atoms with E-state index >= 15 is 0 Å². The van der Waals surface area contributed by atoms with Crippen molar-refractivity contribution in [2.24, 2.45) is 0 Å². The van der Waals surface area contributed by atoms with Gasteiger partial charge in [0.1, 0.15) is 17.9 Å². The molecule has 0 amide bonds. The Morgan fingerprint density at radius 2 is 1.45 bits per heavy atom. The highest BCUT2D eigenvalue weighted by atomic mass is 16.5. The van der Waals surface area contributed by atoms with Gasteiger partial charge in [0.25, 0.3) is 5.56 Å². The molecule has 8 nitrogen and oxygen atoms in total. The van der Waals surface area contributed by atoms with Gasteiger partial charge in [-0.25, -0.2) is 4.79 Å². The van der Waals surface area contributed by atoms with Gasteiger partial charge >= 0.3 is 5.69 Å². The van der Waals surface area contributed by atoms with E-state index in [9.17, 15) is 19.8 Å². The van der Waals surface area contributed by atoms with Crippen LogP contribution in [-0.4, -0.2) is 43.6 Å². The van der Waals surface area contributed by atoms with Gasteiger partial charge in [-0.2, -0.15) is 0 Å². The number of aromatic nitrogens is 3. The van der Waals surface area contributed by atoms with Gasteiger partial charge in [-0.1, -0.05) is 72.2 Å². The highest BCUT2D eigenvalue weighted by Gasteiger charge is 2.35. The van der Waals surface area contributed by atoms with Crippen molar-refractivity contribution in [2.75, 3.05) is 6.61 Å². The van der Waals surface area contributed by atoms with Crippen molar-refractivity contribution in [3.63, 3.8) is 0 Å². The molecule has 3 aromatic carbocycles. The van der Waals surface area contributed by atoms with Gasteiger partial charge in [0.05, 0.1) is 12.7 Å². The maximum absolute atomic E-state index is 12.7. The van der Waals surface area contributed by atoms with Crippen LogP contribution in [0.1, 0.15) is 34.9 Å². The molecule has 0 bridgehead atoms. The van der Waals surface area contributed by atoms with E-state index in [0.29, 0.717) is 0 Å². The molecule has 196 valence electrons. The van der Waals surface area contributed by atoms with Gasteiger partial charge in [-0.3, -0.25) is 19.3 Å². The van der Waals surface area contributed by atoms with Crippen molar-refractivity contribution in [3.8, 4) is 23.7 Å². The van der Waals surface area contributed by atoms with Crippen molar-refractivity contribution >= 4 is 21.5 Å². The monoisotopic (exact) mass is 529 g/mol. The van der Waals surface area contributed by atoms with E-state index in [2.05, 4.69) is 33.6 Å². The quantitative estimate of drug-likeness (QED) is 0.239. The molecule has 1 fully saturated rings. The molecule has 1 aliphatic heterocycles. The van der Waals surface area contributed by atoms with E-state index in [-0.39, 0.29) is 18.6 Å². The number of H-pyrrole nitrogens is 1. The molecule has 8 heteroatoms. The highest BCUT2D eigenvalue weighted by Crippen LogP contribution is 2.32. The summed E-state index contributed by atoms with van der Waals surface area (Å²) in [5.74, 6) is 12.7. The third-order valence-corrected chi connectivity index (χ3v) is 6.93. The number of benzene rings is 3. The molecule has 0 aliphatic carbocycles. The number of fused-ring (bicyclic) bond motifs is 2. The fraction of sp³-hybridized carbons (Fsp3) is 0.156. The first kappa shape index (κ1) is 25.3. The molecule has 0 saturated carbocycles. The van der Waals surface area contributed by atoms with E-state index in [4.69, 9.17) is 4.74 Å². The number of hydrogen-bond donors (Lipinski definition) is 3. The van der Waals surface area contributed by atoms with E-state index < -0.39 is 29.7 Å². The van der Waals surface area contributed by atoms with Gasteiger partial charge in [0.2, 0.25) is 0 Å². The predicted molar refractivity (Wildman–Crippen MR) is 151 cm³/mol. The number of aliphatic hydroxyl groups excluding tert-OH is 2. The van der Waals surface area contributed by atoms with Gasteiger partial charge < -0.3 is 14.9 Å². The zero-order valence-corrected chi connectivity index (χ0v) is 21.2. The number of aliphatic hydroxyl groups is 2. The second-order valence-corrected chi connectivity index (χ2v) is 9.40. The van der Waals surface area contributed by atoms with Crippen molar-refractivity contribution in [1.82, 2.24) is 14.5 Å². The van der Waals surface area contributed by atoms with Crippen LogP contribution in [0.2, 0.25) is 0 Å². The Bertz CT molecular complexity index is 1930. The summed E-state index contributed by atoms with van der Waals surface area (Å²) in [4.78, 5) is 31.6. The third-order valence-electron chi connectivity index (χ3n) is 6.93. The summed E-state index contributed by atoms with van der Waals surface area (Å²) in [6, 6.07) is 19.4. The molecule has 0 spiro atoms. The predicted octanol–water partition coefficient (Wildman–Crippen LogP) is 2.68. The fourth-order valence-electron chi connectivity index (χ4n) is 4.94. The number of pyridine rings is 1. The van der Waals surface area contributed by atoms with E-state index in [1.54, 1.807) is 12.4 Å². The number of nitrogens with zero attached hydrogens (tertiary/aromatic N) is 2. The van der Waals surface area contributed by atoms with E-state index in [0.717, 1.165) is 38.2 Å². The number of ether oxygens (including phenoxy) is 1. The van der Waals surface area contributed by atoms with Crippen LogP contribution >= 0.6 is 0 Å². The smallest absolute Gasteiger partial charge is 0.330 e. The molecule has 3 N–H and O–H groups in total. The van der Waals surface area contributed by atoms with Crippen LogP contribution in [0.4, 0.5) is 0 Å².